The Hall–Kier alpha value is -2.81. The summed E-state index contributed by atoms with van der Waals surface area (Å²) >= 11 is 0. The van der Waals surface area contributed by atoms with Crippen molar-refractivity contribution >= 4 is 17.5 Å². The van der Waals surface area contributed by atoms with Gasteiger partial charge in [0.2, 0.25) is 5.91 Å². The van der Waals surface area contributed by atoms with E-state index in [0.29, 0.717) is 11.3 Å². The summed E-state index contributed by atoms with van der Waals surface area (Å²) in [6.07, 6.45) is 3.42. The van der Waals surface area contributed by atoms with E-state index in [-0.39, 0.29) is 37.4 Å². The molecule has 0 radical (unpaired) electrons. The molecule has 7 nitrogen and oxygen atoms in total. The molecule has 9 heteroatoms. The number of fused-ring (bicyclic) bond motifs is 1. The Labute approximate surface area is 179 Å². The van der Waals surface area contributed by atoms with Crippen LogP contribution in [0.25, 0.3) is 0 Å². The molecule has 3 unspecified atom stereocenters. The zero-order valence-electron chi connectivity index (χ0n) is 17.7. The Kier molecular flexibility index (Phi) is 6.18. The van der Waals surface area contributed by atoms with E-state index in [1.165, 1.54) is 0 Å². The van der Waals surface area contributed by atoms with E-state index < -0.39 is 29.8 Å². The van der Waals surface area contributed by atoms with Crippen LogP contribution in [-0.4, -0.2) is 59.8 Å². The van der Waals surface area contributed by atoms with Gasteiger partial charge in [0.15, 0.2) is 6.61 Å². The number of aryl methyl sites for hydroxylation is 1. The third kappa shape index (κ3) is 4.32. The topological polar surface area (TPSA) is 103 Å². The van der Waals surface area contributed by atoms with E-state index in [9.17, 15) is 18.4 Å². The van der Waals surface area contributed by atoms with Crippen LogP contribution in [0.4, 0.5) is 8.78 Å². The first-order chi connectivity index (χ1) is 14.5. The second-order valence-electron chi connectivity index (χ2n) is 8.26. The number of rotatable bonds is 9. The molecular weight excluding hydrogens is 408 g/mol. The van der Waals surface area contributed by atoms with E-state index in [4.69, 9.17) is 15.3 Å². The summed E-state index contributed by atoms with van der Waals surface area (Å²) in [6.45, 7) is 3.67. The van der Waals surface area contributed by atoms with Crippen molar-refractivity contribution < 1.29 is 28.2 Å². The summed E-state index contributed by atoms with van der Waals surface area (Å²) in [5.41, 5.74) is 0.300. The zero-order chi connectivity index (χ0) is 23.0. The van der Waals surface area contributed by atoms with Crippen molar-refractivity contribution in [2.24, 2.45) is 11.3 Å². The smallest absolute Gasteiger partial charge is 0.278 e. The number of alkyl halides is 2. The highest BCUT2D eigenvalue weighted by Gasteiger charge is 2.59. The first-order valence-electron chi connectivity index (χ1n) is 10.1. The predicted octanol–water partition coefficient (Wildman–Crippen LogP) is 2.23. The average Bonchev–Trinajstić information content (AvgIpc) is 2.88. The number of ether oxygens (including phenoxy) is 1. The van der Waals surface area contributed by atoms with E-state index in [0.717, 1.165) is 12.5 Å². The van der Waals surface area contributed by atoms with Gasteiger partial charge in [0, 0.05) is 20.0 Å². The Morgan fingerprint density at radius 2 is 2.19 bits per heavy atom. The van der Waals surface area contributed by atoms with Crippen LogP contribution in [0.2, 0.25) is 0 Å². The normalized spacial score (nSPS) is 23.2. The number of carbonyl (C=O) groups excluding carboxylic acids is 2. The molecule has 1 aliphatic heterocycles. The van der Waals surface area contributed by atoms with Crippen molar-refractivity contribution in [3.8, 4) is 5.75 Å². The Bertz CT molecular complexity index is 928. The number of likely N-dealkylation sites (tertiary alicyclic amines) is 1. The molecule has 31 heavy (non-hydrogen) atoms. The minimum Gasteiger partial charge on any atom is -0.487 e. The highest BCUT2D eigenvalue weighted by Crippen LogP contribution is 2.49. The van der Waals surface area contributed by atoms with Crippen LogP contribution in [-0.2, 0) is 9.59 Å². The number of aliphatic hydroxyl groups excluding tert-OH is 1. The standard InChI is InChI=1S/C22H27F2N3O4/c1-13-10-15(4-5-17(13)31-12-21(3,23)24)14(2)27-11-22(7-6-16(22)20(27)30)18(25)19(29)26-8-9-28/h4-7,10,14,16,25,28H,8-9,11-12H2,1-3H3,(H,26,29). The van der Waals surface area contributed by atoms with Gasteiger partial charge in [-0.15, -0.1) is 0 Å². The van der Waals surface area contributed by atoms with Crippen LogP contribution < -0.4 is 10.1 Å². The second-order valence-corrected chi connectivity index (χ2v) is 8.26. The molecule has 3 N–H and O–H groups in total. The number of carbonyl (C=O) groups is 2. The molecule has 2 amide bonds. The summed E-state index contributed by atoms with van der Waals surface area (Å²) in [7, 11) is 0. The van der Waals surface area contributed by atoms with Crippen molar-refractivity contribution in [3.05, 3.63) is 41.5 Å². The van der Waals surface area contributed by atoms with Crippen LogP contribution in [0.15, 0.2) is 30.4 Å². The lowest BCUT2D eigenvalue weighted by atomic mass is 9.65. The number of amides is 2. The number of hydrogen-bond acceptors (Lipinski definition) is 5. The summed E-state index contributed by atoms with van der Waals surface area (Å²) < 4.78 is 31.3. The fourth-order valence-corrected chi connectivity index (χ4v) is 4.01. The highest BCUT2D eigenvalue weighted by atomic mass is 19.3. The van der Waals surface area contributed by atoms with Crippen LogP contribution in [0.3, 0.4) is 0 Å². The van der Waals surface area contributed by atoms with Crippen LogP contribution in [0, 0.1) is 23.7 Å². The monoisotopic (exact) mass is 435 g/mol. The van der Waals surface area contributed by atoms with Gasteiger partial charge in [-0.25, -0.2) is 8.78 Å². The third-order valence-electron chi connectivity index (χ3n) is 5.84. The number of halogens is 2. The fourth-order valence-electron chi connectivity index (χ4n) is 4.01. The first-order valence-corrected chi connectivity index (χ1v) is 10.1. The van der Waals surface area contributed by atoms with Gasteiger partial charge in [-0.3, -0.25) is 15.0 Å². The molecule has 0 aromatic heterocycles. The van der Waals surface area contributed by atoms with Gasteiger partial charge in [-0.1, -0.05) is 24.3 Å². The molecule has 0 spiro atoms. The van der Waals surface area contributed by atoms with Gasteiger partial charge in [0.1, 0.15) is 11.5 Å². The molecule has 0 saturated carbocycles. The van der Waals surface area contributed by atoms with E-state index in [1.54, 1.807) is 42.2 Å². The predicted molar refractivity (Wildman–Crippen MR) is 110 cm³/mol. The average molecular weight is 435 g/mol. The molecule has 3 rings (SSSR count). The SMILES string of the molecule is Cc1cc(C(C)N2CC3(C(=N)C(=O)NCCO)C=CC3C2=O)ccc1OCC(C)(F)F. The van der Waals surface area contributed by atoms with Gasteiger partial charge < -0.3 is 20.1 Å². The lowest BCUT2D eigenvalue weighted by Crippen LogP contribution is -2.49. The number of nitrogens with zero attached hydrogens (tertiary/aromatic N) is 1. The molecule has 1 aromatic carbocycles. The molecule has 168 valence electrons. The van der Waals surface area contributed by atoms with Gasteiger partial charge >= 0.3 is 0 Å². The van der Waals surface area contributed by atoms with Gasteiger partial charge in [-0.05, 0) is 31.0 Å². The summed E-state index contributed by atoms with van der Waals surface area (Å²) in [5.74, 6) is -3.92. The first kappa shape index (κ1) is 22.9. The van der Waals surface area contributed by atoms with E-state index >= 15 is 0 Å². The maximum Gasteiger partial charge on any atom is 0.278 e. The van der Waals surface area contributed by atoms with Crippen molar-refractivity contribution in [1.82, 2.24) is 10.2 Å². The lowest BCUT2D eigenvalue weighted by molar-refractivity contribution is -0.131. The number of benzene rings is 1. The van der Waals surface area contributed by atoms with Crippen molar-refractivity contribution in [2.75, 3.05) is 26.3 Å². The van der Waals surface area contributed by atoms with E-state index in [1.807, 2.05) is 6.92 Å². The Balaban J connectivity index is 1.75. The van der Waals surface area contributed by atoms with Crippen molar-refractivity contribution in [1.29, 1.82) is 5.41 Å². The number of aliphatic hydroxyl groups is 1. The third-order valence-corrected chi connectivity index (χ3v) is 5.84. The van der Waals surface area contributed by atoms with Crippen LogP contribution >= 0.6 is 0 Å². The number of hydrogen-bond donors (Lipinski definition) is 3. The molecule has 2 aliphatic rings. The summed E-state index contributed by atoms with van der Waals surface area (Å²) in [5, 5.41) is 19.7. The summed E-state index contributed by atoms with van der Waals surface area (Å²) in [4.78, 5) is 26.9. The fraction of sp³-hybridized carbons (Fsp3) is 0.500. The molecule has 1 aliphatic carbocycles. The van der Waals surface area contributed by atoms with Crippen LogP contribution in [0.5, 0.6) is 5.75 Å². The van der Waals surface area contributed by atoms with Crippen molar-refractivity contribution in [2.45, 2.75) is 32.7 Å². The Morgan fingerprint density at radius 1 is 1.48 bits per heavy atom. The van der Waals surface area contributed by atoms with Gasteiger partial charge in [0.25, 0.3) is 11.8 Å². The lowest BCUT2D eigenvalue weighted by Gasteiger charge is -2.35. The molecule has 1 saturated heterocycles. The molecule has 1 fully saturated rings. The quantitative estimate of drug-likeness (QED) is 0.409. The molecule has 0 bridgehead atoms. The molecule has 3 atom stereocenters. The minimum absolute atomic E-state index is 0.0391. The second kappa shape index (κ2) is 8.37. The maximum atomic E-state index is 13.1. The van der Waals surface area contributed by atoms with Crippen LogP contribution in [0.1, 0.15) is 31.0 Å². The zero-order valence-corrected chi connectivity index (χ0v) is 17.7. The van der Waals surface area contributed by atoms with Crippen molar-refractivity contribution in [3.63, 3.8) is 0 Å². The molecular formula is C22H27F2N3O4. The van der Waals surface area contributed by atoms with E-state index in [2.05, 4.69) is 5.32 Å². The highest BCUT2D eigenvalue weighted by molar-refractivity contribution is 6.41. The minimum atomic E-state index is -2.94. The molecule has 1 aromatic rings. The molecule has 1 heterocycles. The van der Waals surface area contributed by atoms with Gasteiger partial charge in [0.05, 0.1) is 24.0 Å². The summed E-state index contributed by atoms with van der Waals surface area (Å²) in [6, 6.07) is 4.79. The van der Waals surface area contributed by atoms with Gasteiger partial charge in [-0.2, -0.15) is 0 Å². The Morgan fingerprint density at radius 3 is 2.74 bits per heavy atom. The number of nitrogens with one attached hydrogen (secondary N) is 2. The maximum absolute atomic E-state index is 13.1. The largest absolute Gasteiger partial charge is 0.487 e.